The molecular formula is C33H34N4O6S. The number of hydrogen-bond acceptors (Lipinski definition) is 7. The lowest BCUT2D eigenvalue weighted by Gasteiger charge is -2.43. The van der Waals surface area contributed by atoms with Crippen LogP contribution in [-0.4, -0.2) is 47.7 Å². The topological polar surface area (TPSA) is 124 Å². The predicted molar refractivity (Wildman–Crippen MR) is 170 cm³/mol. The summed E-state index contributed by atoms with van der Waals surface area (Å²) in [5.41, 5.74) is 1.41. The quantitative estimate of drug-likeness (QED) is 0.248. The van der Waals surface area contributed by atoms with Crippen molar-refractivity contribution in [3.05, 3.63) is 88.7 Å². The molecule has 5 aromatic rings. The number of amides is 1. The Bertz CT molecular complexity index is 2050. The number of ether oxygens (including phenoxy) is 1. The molecule has 0 bridgehead atoms. The summed E-state index contributed by atoms with van der Waals surface area (Å²) >= 11 is 0. The summed E-state index contributed by atoms with van der Waals surface area (Å²) in [5.74, 6) is 0.309. The molecule has 1 saturated carbocycles. The standard InChI is InChI=1S/C33H34N4O6S/c1-32(2,3)43-31(39)35-33(18-9-19-33)24-15-12-21(13-16-24)26-28(38)25-17-14-23-20-34-37(44(40,41)36(4)5)27(23)30(25)42-29(26)22-10-7-6-8-11-22/h6-8,10-17,20H,9,18-19H2,1-5H3,(H,35,39). The van der Waals surface area contributed by atoms with Crippen LogP contribution in [0.3, 0.4) is 0 Å². The highest BCUT2D eigenvalue weighted by Crippen LogP contribution is 2.43. The Hall–Kier alpha value is -4.48. The van der Waals surface area contributed by atoms with Gasteiger partial charge in [-0.25, -0.2) is 4.79 Å². The molecule has 1 amide bonds. The first kappa shape index (κ1) is 29.6. The zero-order valence-electron chi connectivity index (χ0n) is 25.2. The van der Waals surface area contributed by atoms with Crippen molar-refractivity contribution in [2.45, 2.75) is 51.2 Å². The second-order valence-corrected chi connectivity index (χ2v) is 14.3. The minimum absolute atomic E-state index is 0.129. The molecule has 44 heavy (non-hydrogen) atoms. The van der Waals surface area contributed by atoms with E-state index in [0.29, 0.717) is 27.8 Å². The van der Waals surface area contributed by atoms with Crippen LogP contribution in [0.25, 0.3) is 44.3 Å². The van der Waals surface area contributed by atoms with Gasteiger partial charge in [-0.05, 0) is 57.2 Å². The van der Waals surface area contributed by atoms with E-state index in [1.165, 1.54) is 20.3 Å². The third-order valence-electron chi connectivity index (χ3n) is 7.95. The second-order valence-electron chi connectivity index (χ2n) is 12.3. The van der Waals surface area contributed by atoms with Gasteiger partial charge >= 0.3 is 16.3 Å². The van der Waals surface area contributed by atoms with E-state index in [1.54, 1.807) is 12.1 Å². The zero-order valence-corrected chi connectivity index (χ0v) is 26.1. The van der Waals surface area contributed by atoms with Crippen molar-refractivity contribution < 1.29 is 22.4 Å². The molecule has 0 saturated heterocycles. The summed E-state index contributed by atoms with van der Waals surface area (Å²) in [4.78, 5) is 27.0. The molecule has 0 unspecified atom stereocenters. The van der Waals surface area contributed by atoms with E-state index < -0.39 is 27.4 Å². The number of hydrogen-bond donors (Lipinski definition) is 1. The van der Waals surface area contributed by atoms with Gasteiger partial charge in [0.2, 0.25) is 5.43 Å². The summed E-state index contributed by atoms with van der Waals surface area (Å²) in [6, 6.07) is 20.1. The predicted octanol–water partition coefficient (Wildman–Crippen LogP) is 6.04. The summed E-state index contributed by atoms with van der Waals surface area (Å²) in [6.07, 6.45) is 3.49. The average Bonchev–Trinajstić information content (AvgIpc) is 3.40. The number of nitrogens with zero attached hydrogens (tertiary/aromatic N) is 3. The first-order valence-electron chi connectivity index (χ1n) is 14.4. The van der Waals surface area contributed by atoms with Crippen LogP contribution in [0.15, 0.2) is 82.1 Å². The summed E-state index contributed by atoms with van der Waals surface area (Å²) in [6.45, 7) is 5.48. The van der Waals surface area contributed by atoms with Crippen LogP contribution >= 0.6 is 0 Å². The van der Waals surface area contributed by atoms with Crippen molar-refractivity contribution >= 4 is 38.2 Å². The lowest BCUT2D eigenvalue weighted by molar-refractivity contribution is 0.0377. The van der Waals surface area contributed by atoms with Crippen molar-refractivity contribution in [1.29, 1.82) is 0 Å². The Kier molecular flexibility index (Phi) is 7.13. The highest BCUT2D eigenvalue weighted by Gasteiger charge is 2.41. The molecular weight excluding hydrogens is 580 g/mol. The monoisotopic (exact) mass is 614 g/mol. The first-order chi connectivity index (χ1) is 20.8. The number of benzene rings is 3. The Morgan fingerprint density at radius 2 is 1.68 bits per heavy atom. The van der Waals surface area contributed by atoms with E-state index in [1.807, 2.05) is 75.4 Å². The normalized spacial score (nSPS) is 15.0. The minimum Gasteiger partial charge on any atom is -0.453 e. The lowest BCUT2D eigenvalue weighted by atomic mass is 9.71. The molecule has 1 N–H and O–H groups in total. The third-order valence-corrected chi connectivity index (χ3v) is 9.58. The van der Waals surface area contributed by atoms with Gasteiger partial charge in [0.1, 0.15) is 16.9 Å². The van der Waals surface area contributed by atoms with Crippen molar-refractivity contribution in [1.82, 2.24) is 18.8 Å². The van der Waals surface area contributed by atoms with Gasteiger partial charge in [0.25, 0.3) is 0 Å². The Morgan fingerprint density at radius 1 is 1.00 bits per heavy atom. The molecule has 2 heterocycles. The second kappa shape index (κ2) is 10.6. The molecule has 6 rings (SSSR count). The molecule has 10 nitrogen and oxygen atoms in total. The van der Waals surface area contributed by atoms with Crippen molar-refractivity contribution in [3.8, 4) is 22.5 Å². The molecule has 1 aliphatic rings. The number of carbonyl (C=O) groups is 1. The first-order valence-corrected chi connectivity index (χ1v) is 15.8. The van der Waals surface area contributed by atoms with E-state index in [0.717, 1.165) is 33.2 Å². The molecule has 1 fully saturated rings. The van der Waals surface area contributed by atoms with Gasteiger partial charge in [-0.1, -0.05) is 60.7 Å². The highest BCUT2D eigenvalue weighted by atomic mass is 32.2. The largest absolute Gasteiger partial charge is 0.453 e. The van der Waals surface area contributed by atoms with E-state index in [4.69, 9.17) is 9.15 Å². The van der Waals surface area contributed by atoms with Gasteiger partial charge in [0.15, 0.2) is 5.58 Å². The third kappa shape index (κ3) is 5.05. The molecule has 3 aromatic carbocycles. The van der Waals surface area contributed by atoms with Gasteiger partial charge in [-0.15, -0.1) is 4.09 Å². The van der Waals surface area contributed by atoms with Crippen LogP contribution < -0.4 is 10.7 Å². The summed E-state index contributed by atoms with van der Waals surface area (Å²) in [5, 5.41) is 7.95. The van der Waals surface area contributed by atoms with Crippen LogP contribution in [0.1, 0.15) is 45.6 Å². The van der Waals surface area contributed by atoms with Gasteiger partial charge in [-0.3, -0.25) is 4.79 Å². The summed E-state index contributed by atoms with van der Waals surface area (Å²) in [7, 11) is -1.17. The van der Waals surface area contributed by atoms with E-state index in [-0.39, 0.29) is 21.9 Å². The van der Waals surface area contributed by atoms with Gasteiger partial charge in [0, 0.05) is 25.0 Å². The molecule has 0 aliphatic heterocycles. The average molecular weight is 615 g/mol. The van der Waals surface area contributed by atoms with E-state index in [9.17, 15) is 18.0 Å². The van der Waals surface area contributed by atoms with Crippen LogP contribution in [0.2, 0.25) is 0 Å². The van der Waals surface area contributed by atoms with Crippen molar-refractivity contribution in [2.24, 2.45) is 0 Å². The van der Waals surface area contributed by atoms with E-state index in [2.05, 4.69) is 10.4 Å². The van der Waals surface area contributed by atoms with Gasteiger partial charge in [-0.2, -0.15) is 17.8 Å². The minimum atomic E-state index is -4.00. The molecule has 2 aromatic heterocycles. The maximum atomic E-state index is 14.3. The molecule has 1 aliphatic carbocycles. The number of aromatic nitrogens is 2. The Morgan fingerprint density at radius 3 is 2.27 bits per heavy atom. The molecule has 0 atom stereocenters. The summed E-state index contributed by atoms with van der Waals surface area (Å²) < 4.78 is 40.2. The number of carbonyl (C=O) groups excluding carboxylic acids is 1. The molecule has 11 heteroatoms. The number of alkyl carbamates (subject to hydrolysis) is 1. The van der Waals surface area contributed by atoms with Gasteiger partial charge < -0.3 is 14.5 Å². The van der Waals surface area contributed by atoms with Crippen LogP contribution in [0, 0.1) is 0 Å². The number of rotatable bonds is 6. The van der Waals surface area contributed by atoms with Crippen molar-refractivity contribution in [3.63, 3.8) is 0 Å². The van der Waals surface area contributed by atoms with Gasteiger partial charge in [0.05, 0.1) is 22.7 Å². The molecule has 0 spiro atoms. The zero-order chi connectivity index (χ0) is 31.4. The fourth-order valence-corrected chi connectivity index (χ4v) is 6.48. The van der Waals surface area contributed by atoms with Crippen molar-refractivity contribution in [2.75, 3.05) is 14.1 Å². The SMILES string of the molecule is CN(C)S(=O)(=O)n1ncc2ccc3c(=O)c(-c4ccc(C5(NC(=O)OC(C)(C)C)CCC5)cc4)c(-c4ccccc4)oc3c21. The fraction of sp³-hybridized carbons (Fsp3) is 0.303. The maximum Gasteiger partial charge on any atom is 0.408 e. The highest BCUT2D eigenvalue weighted by molar-refractivity contribution is 7.87. The number of fused-ring (bicyclic) bond motifs is 3. The van der Waals surface area contributed by atoms with Crippen LogP contribution in [-0.2, 0) is 20.5 Å². The smallest absolute Gasteiger partial charge is 0.408 e. The Labute approximate surface area is 255 Å². The number of nitrogens with one attached hydrogen (secondary N) is 1. The Balaban J connectivity index is 1.52. The molecule has 0 radical (unpaired) electrons. The fourth-order valence-electron chi connectivity index (χ4n) is 5.59. The van der Waals surface area contributed by atoms with Crippen LogP contribution in [0.4, 0.5) is 4.79 Å². The molecule has 228 valence electrons. The van der Waals surface area contributed by atoms with Crippen LogP contribution in [0.5, 0.6) is 0 Å². The van der Waals surface area contributed by atoms with E-state index >= 15 is 0 Å². The lowest BCUT2D eigenvalue weighted by Crippen LogP contribution is -2.52. The maximum absolute atomic E-state index is 14.3.